The highest BCUT2D eigenvalue weighted by molar-refractivity contribution is 7.85. The van der Waals surface area contributed by atoms with E-state index in [9.17, 15) is 17.8 Å². The molecule has 0 saturated heterocycles. The SMILES string of the molecule is CCS(=O)c1ccc(N(C)CC(=O)Nc2cc(Cl)c(C3(c4noc(-c5ccc(F)cc5F)n4)CC3)c(Cl)c2)nc1. The van der Waals surface area contributed by atoms with Crippen molar-refractivity contribution in [2.75, 3.05) is 29.6 Å². The van der Waals surface area contributed by atoms with Crippen molar-refractivity contribution in [1.82, 2.24) is 15.1 Å². The Morgan fingerprint density at radius 2 is 1.88 bits per heavy atom. The Morgan fingerprint density at radius 1 is 1.15 bits per heavy atom. The van der Waals surface area contributed by atoms with Gasteiger partial charge in [-0.05, 0) is 49.2 Å². The van der Waals surface area contributed by atoms with Crippen LogP contribution in [0.5, 0.6) is 0 Å². The number of halogens is 4. The summed E-state index contributed by atoms with van der Waals surface area (Å²) < 4.78 is 44.7. The van der Waals surface area contributed by atoms with Crippen LogP contribution in [0.4, 0.5) is 20.3 Å². The van der Waals surface area contributed by atoms with Crippen LogP contribution in [0, 0.1) is 11.6 Å². The lowest BCUT2D eigenvalue weighted by atomic mass is 9.94. The minimum atomic E-state index is -1.11. The molecule has 1 atom stereocenters. The number of pyridine rings is 1. The number of hydrogen-bond acceptors (Lipinski definition) is 7. The van der Waals surface area contributed by atoms with Crippen molar-refractivity contribution in [1.29, 1.82) is 0 Å². The van der Waals surface area contributed by atoms with E-state index in [0.29, 0.717) is 50.6 Å². The van der Waals surface area contributed by atoms with E-state index in [1.165, 1.54) is 12.3 Å². The molecule has 1 N–H and O–H groups in total. The quantitative estimate of drug-likeness (QED) is 0.250. The van der Waals surface area contributed by atoms with Crippen LogP contribution in [0.1, 0.15) is 31.2 Å². The van der Waals surface area contributed by atoms with Crippen molar-refractivity contribution in [3.05, 3.63) is 81.7 Å². The molecule has 0 aliphatic heterocycles. The molecule has 1 unspecified atom stereocenters. The molecule has 2 aromatic heterocycles. The maximum atomic E-state index is 14.2. The summed E-state index contributed by atoms with van der Waals surface area (Å²) in [7, 11) is 0.612. The van der Waals surface area contributed by atoms with E-state index in [1.54, 1.807) is 36.2 Å². The molecular weight excluding hydrogens is 583 g/mol. The van der Waals surface area contributed by atoms with E-state index < -0.39 is 27.8 Å². The van der Waals surface area contributed by atoms with Crippen molar-refractivity contribution in [3.8, 4) is 11.5 Å². The zero-order valence-corrected chi connectivity index (χ0v) is 23.7. The van der Waals surface area contributed by atoms with E-state index in [-0.39, 0.29) is 29.7 Å². The molecule has 1 saturated carbocycles. The van der Waals surface area contributed by atoms with Crippen LogP contribution < -0.4 is 10.2 Å². The highest BCUT2D eigenvalue weighted by atomic mass is 35.5. The van der Waals surface area contributed by atoms with Crippen LogP contribution in [-0.4, -0.2) is 44.6 Å². The summed E-state index contributed by atoms with van der Waals surface area (Å²) in [5, 5.41) is 7.43. The number of aromatic nitrogens is 3. The van der Waals surface area contributed by atoms with Gasteiger partial charge in [-0.15, -0.1) is 0 Å². The Bertz CT molecular complexity index is 1590. The fourth-order valence-electron chi connectivity index (χ4n) is 4.40. The average molecular weight is 606 g/mol. The van der Waals surface area contributed by atoms with Gasteiger partial charge in [0.2, 0.25) is 5.91 Å². The fourth-order valence-corrected chi connectivity index (χ4v) is 5.97. The number of nitrogens with one attached hydrogen (secondary N) is 1. The van der Waals surface area contributed by atoms with Gasteiger partial charge in [-0.25, -0.2) is 13.8 Å². The van der Waals surface area contributed by atoms with Gasteiger partial charge in [-0.1, -0.05) is 35.3 Å². The monoisotopic (exact) mass is 605 g/mol. The molecule has 0 spiro atoms. The number of carbonyl (C=O) groups is 1. The van der Waals surface area contributed by atoms with Gasteiger partial charge in [0.15, 0.2) is 5.82 Å². The molecule has 1 aliphatic carbocycles. The number of nitrogens with zero attached hydrogens (tertiary/aromatic N) is 4. The Labute approximate surface area is 241 Å². The number of rotatable bonds is 9. The maximum absolute atomic E-state index is 14.2. The number of benzene rings is 2. The van der Waals surface area contributed by atoms with Gasteiger partial charge in [0, 0.05) is 46.4 Å². The van der Waals surface area contributed by atoms with Crippen molar-refractivity contribution in [2.45, 2.75) is 30.1 Å². The Balaban J connectivity index is 1.30. The lowest BCUT2D eigenvalue weighted by molar-refractivity contribution is -0.114. The van der Waals surface area contributed by atoms with Crippen LogP contribution in [0.2, 0.25) is 10.0 Å². The van der Waals surface area contributed by atoms with Gasteiger partial charge in [-0.3, -0.25) is 9.00 Å². The van der Waals surface area contributed by atoms with Crippen molar-refractivity contribution in [2.24, 2.45) is 0 Å². The summed E-state index contributed by atoms with van der Waals surface area (Å²) in [4.78, 5) is 23.7. The predicted octanol–water partition coefficient (Wildman–Crippen LogP) is 6.00. The Hall–Kier alpha value is -3.41. The first kappa shape index (κ1) is 28.1. The summed E-state index contributed by atoms with van der Waals surface area (Å²) in [6.45, 7) is 1.82. The fraction of sp³-hybridized carbons (Fsp3) is 0.259. The van der Waals surface area contributed by atoms with Crippen LogP contribution in [0.25, 0.3) is 11.5 Å². The largest absolute Gasteiger partial charge is 0.350 e. The number of amides is 1. The van der Waals surface area contributed by atoms with Crippen LogP contribution >= 0.6 is 23.2 Å². The lowest BCUT2D eigenvalue weighted by Crippen LogP contribution is -2.30. The summed E-state index contributed by atoms with van der Waals surface area (Å²) in [5.41, 5.74) is 0.232. The normalized spacial score (nSPS) is 14.6. The van der Waals surface area contributed by atoms with Gasteiger partial charge < -0.3 is 14.7 Å². The molecule has 5 rings (SSSR count). The van der Waals surface area contributed by atoms with E-state index in [4.69, 9.17) is 27.7 Å². The second kappa shape index (κ2) is 11.2. The summed E-state index contributed by atoms with van der Waals surface area (Å²) in [6, 6.07) is 9.70. The number of anilines is 2. The van der Waals surface area contributed by atoms with E-state index in [0.717, 1.165) is 12.1 Å². The van der Waals surface area contributed by atoms with E-state index in [1.807, 2.05) is 6.92 Å². The van der Waals surface area contributed by atoms with E-state index in [2.05, 4.69) is 20.4 Å². The second-order valence-electron chi connectivity index (χ2n) is 9.33. The predicted molar refractivity (Wildman–Crippen MR) is 149 cm³/mol. The van der Waals surface area contributed by atoms with Crippen LogP contribution in [-0.2, 0) is 21.0 Å². The van der Waals surface area contributed by atoms with Gasteiger partial charge in [0.1, 0.15) is 17.5 Å². The molecule has 1 aliphatic rings. The summed E-state index contributed by atoms with van der Waals surface area (Å²) in [6.07, 6.45) is 2.80. The molecule has 0 bridgehead atoms. The maximum Gasteiger partial charge on any atom is 0.260 e. The number of likely N-dealkylation sites (N-methyl/N-ethyl adjacent to an activating group) is 1. The topological polar surface area (TPSA) is 101 Å². The minimum absolute atomic E-state index is 0.00424. The zero-order valence-electron chi connectivity index (χ0n) is 21.4. The first-order valence-corrected chi connectivity index (χ1v) is 14.3. The van der Waals surface area contributed by atoms with Gasteiger partial charge in [0.05, 0.1) is 33.2 Å². The third kappa shape index (κ3) is 5.59. The van der Waals surface area contributed by atoms with Crippen LogP contribution in [0.3, 0.4) is 0 Å². The third-order valence-electron chi connectivity index (χ3n) is 6.59. The molecule has 2 heterocycles. The molecule has 13 heteroatoms. The third-order valence-corrected chi connectivity index (χ3v) is 8.48. The highest BCUT2D eigenvalue weighted by Gasteiger charge is 2.52. The number of hydrogen-bond donors (Lipinski definition) is 1. The molecular formula is C27H23Cl2F2N5O3S. The van der Waals surface area contributed by atoms with Crippen LogP contribution in [0.15, 0.2) is 58.1 Å². The molecule has 1 fully saturated rings. The Kier molecular flexibility index (Phi) is 7.89. The second-order valence-corrected chi connectivity index (χ2v) is 11.9. The smallest absolute Gasteiger partial charge is 0.260 e. The van der Waals surface area contributed by atoms with Crippen molar-refractivity contribution in [3.63, 3.8) is 0 Å². The lowest BCUT2D eigenvalue weighted by Gasteiger charge is -2.19. The molecule has 8 nitrogen and oxygen atoms in total. The van der Waals surface area contributed by atoms with Gasteiger partial charge >= 0.3 is 0 Å². The van der Waals surface area contributed by atoms with Gasteiger partial charge in [-0.2, -0.15) is 4.98 Å². The van der Waals surface area contributed by atoms with E-state index >= 15 is 0 Å². The highest BCUT2D eigenvalue weighted by Crippen LogP contribution is 2.57. The molecule has 2 aromatic carbocycles. The van der Waals surface area contributed by atoms with Gasteiger partial charge in [0.25, 0.3) is 5.89 Å². The molecule has 0 radical (unpaired) electrons. The first-order chi connectivity index (χ1) is 19.1. The molecule has 208 valence electrons. The van der Waals surface area contributed by atoms with Crippen molar-refractivity contribution >= 4 is 51.4 Å². The summed E-state index contributed by atoms with van der Waals surface area (Å²) >= 11 is 13.3. The minimum Gasteiger partial charge on any atom is -0.350 e. The number of carbonyl (C=O) groups excluding carboxylic acids is 1. The summed E-state index contributed by atoms with van der Waals surface area (Å²) in [5.74, 6) is -0.603. The zero-order chi connectivity index (χ0) is 28.6. The molecule has 1 amide bonds. The first-order valence-electron chi connectivity index (χ1n) is 12.3. The van der Waals surface area contributed by atoms with Crippen molar-refractivity contribution < 1.29 is 22.3 Å². The Morgan fingerprint density at radius 3 is 2.48 bits per heavy atom. The standard InChI is InChI=1S/C27H23Cl2F2N5O3S/c1-3-40(38)17-5-7-22(32-13-17)36(2)14-23(37)33-16-11-19(28)24(20(29)12-16)27(8-9-27)26-34-25(39-35-26)18-6-4-15(30)10-21(18)31/h4-7,10-13H,3,8-9,14H2,1-2H3,(H,33,37). The molecule has 4 aromatic rings. The average Bonchev–Trinajstić information content (AvgIpc) is 3.54. The molecule has 40 heavy (non-hydrogen) atoms.